The van der Waals surface area contributed by atoms with Gasteiger partial charge in [0.05, 0.1) is 26.2 Å². The van der Waals surface area contributed by atoms with Crippen molar-refractivity contribution >= 4 is 28.4 Å². The number of methoxy groups -OCH3 is 2. The number of carbonyl (C=O) groups excluding carboxylic acids is 2. The molecule has 38 heavy (non-hydrogen) atoms. The number of aromatic amines is 1. The number of ether oxygens (including phenoxy) is 3. The molecule has 2 atom stereocenters. The molecular formula is C29H34N4O5. The molecule has 2 N–H and O–H groups in total. The third-order valence-corrected chi connectivity index (χ3v) is 6.69. The van der Waals surface area contributed by atoms with Gasteiger partial charge in [-0.15, -0.1) is 0 Å². The minimum atomic E-state index is -0.566. The summed E-state index contributed by atoms with van der Waals surface area (Å²) < 4.78 is 15.9. The molecule has 1 aliphatic rings. The molecule has 1 aromatic carbocycles. The summed E-state index contributed by atoms with van der Waals surface area (Å²) in [5, 5.41) is 3.83. The maximum absolute atomic E-state index is 13.3. The van der Waals surface area contributed by atoms with Gasteiger partial charge < -0.3 is 29.4 Å². The molecule has 1 aliphatic carbocycles. The van der Waals surface area contributed by atoms with E-state index in [1.807, 2.05) is 49.7 Å². The molecule has 2 unspecified atom stereocenters. The molecule has 0 spiro atoms. The van der Waals surface area contributed by atoms with E-state index in [9.17, 15) is 9.59 Å². The number of rotatable bonds is 10. The van der Waals surface area contributed by atoms with Gasteiger partial charge in [-0.1, -0.05) is 31.2 Å². The second-order valence-electron chi connectivity index (χ2n) is 9.36. The van der Waals surface area contributed by atoms with Crippen molar-refractivity contribution in [3.05, 3.63) is 66.1 Å². The predicted molar refractivity (Wildman–Crippen MR) is 146 cm³/mol. The Balaban J connectivity index is 1.68. The van der Waals surface area contributed by atoms with E-state index in [2.05, 4.69) is 21.4 Å². The van der Waals surface area contributed by atoms with Crippen LogP contribution in [0.2, 0.25) is 0 Å². The zero-order chi connectivity index (χ0) is 27.2. The number of fused-ring (bicyclic) bond motifs is 1. The average molecular weight is 519 g/mol. The molecule has 200 valence electrons. The first-order valence-corrected chi connectivity index (χ1v) is 12.5. The Kier molecular flexibility index (Phi) is 8.60. The number of H-pyrrole nitrogens is 1. The van der Waals surface area contributed by atoms with Gasteiger partial charge in [-0.2, -0.15) is 0 Å². The topological polar surface area (TPSA) is 106 Å². The molecule has 9 nitrogen and oxygen atoms in total. The minimum absolute atomic E-state index is 0.0969. The van der Waals surface area contributed by atoms with E-state index in [1.54, 1.807) is 39.3 Å². The zero-order valence-corrected chi connectivity index (χ0v) is 22.4. The van der Waals surface area contributed by atoms with Crippen molar-refractivity contribution in [1.29, 1.82) is 0 Å². The van der Waals surface area contributed by atoms with Gasteiger partial charge in [-0.25, -0.2) is 4.98 Å². The molecule has 9 heteroatoms. The Bertz CT molecular complexity index is 1370. The van der Waals surface area contributed by atoms with E-state index < -0.39 is 5.92 Å². The van der Waals surface area contributed by atoms with Crippen LogP contribution in [-0.2, 0) is 19.1 Å². The molecule has 0 fully saturated rings. The van der Waals surface area contributed by atoms with E-state index in [4.69, 9.17) is 14.2 Å². The largest absolute Gasteiger partial charge is 0.496 e. The molecule has 2 aromatic heterocycles. The lowest BCUT2D eigenvalue weighted by Crippen LogP contribution is -2.42. The van der Waals surface area contributed by atoms with Crippen molar-refractivity contribution in [2.45, 2.75) is 6.92 Å². The van der Waals surface area contributed by atoms with Gasteiger partial charge in [0.25, 0.3) is 0 Å². The summed E-state index contributed by atoms with van der Waals surface area (Å²) in [5.41, 5.74) is 5.11. The summed E-state index contributed by atoms with van der Waals surface area (Å²) >= 11 is 0. The Morgan fingerprint density at radius 3 is 2.63 bits per heavy atom. The number of allylic oxidation sites excluding steroid dienone is 3. The normalized spacial score (nSPS) is 17.1. The SMILES string of the molecule is COCCOCC(=O)NC1=CC=C(c2cnc3[nH]cc(-c4ccccc4OC)c3c2)C(C)C1C(=O)N(C)C. The van der Waals surface area contributed by atoms with E-state index in [1.165, 1.54) is 0 Å². The lowest BCUT2D eigenvalue weighted by atomic mass is 9.77. The van der Waals surface area contributed by atoms with Crippen LogP contribution in [0.3, 0.4) is 0 Å². The maximum atomic E-state index is 13.3. The molecule has 2 amide bonds. The molecule has 0 saturated heterocycles. The highest BCUT2D eigenvalue weighted by Crippen LogP contribution is 2.40. The summed E-state index contributed by atoms with van der Waals surface area (Å²) in [4.78, 5) is 35.3. The number of hydrogen-bond donors (Lipinski definition) is 2. The minimum Gasteiger partial charge on any atom is -0.496 e. The fourth-order valence-corrected chi connectivity index (χ4v) is 4.74. The van der Waals surface area contributed by atoms with Crippen LogP contribution in [0, 0.1) is 11.8 Å². The van der Waals surface area contributed by atoms with Crippen molar-refractivity contribution < 1.29 is 23.8 Å². The fraction of sp³-hybridized carbons (Fsp3) is 0.345. The van der Waals surface area contributed by atoms with Gasteiger partial charge >= 0.3 is 0 Å². The van der Waals surface area contributed by atoms with Crippen LogP contribution in [0.15, 0.2) is 60.6 Å². The Labute approximate surface area is 222 Å². The first-order chi connectivity index (χ1) is 18.3. The van der Waals surface area contributed by atoms with Gasteiger partial charge in [0, 0.05) is 55.8 Å². The number of benzene rings is 1. The lowest BCUT2D eigenvalue weighted by Gasteiger charge is -2.32. The number of amides is 2. The molecule has 3 aromatic rings. The molecule has 2 heterocycles. The summed E-state index contributed by atoms with van der Waals surface area (Å²) in [5.74, 6) is -0.420. The highest BCUT2D eigenvalue weighted by molar-refractivity contribution is 5.97. The number of para-hydroxylation sites is 1. The van der Waals surface area contributed by atoms with E-state index >= 15 is 0 Å². The Morgan fingerprint density at radius 1 is 1.11 bits per heavy atom. The highest BCUT2D eigenvalue weighted by atomic mass is 16.5. The van der Waals surface area contributed by atoms with Crippen molar-refractivity contribution in [3.8, 4) is 16.9 Å². The van der Waals surface area contributed by atoms with Crippen LogP contribution in [-0.4, -0.2) is 74.8 Å². The quantitative estimate of drug-likeness (QED) is 0.397. The standard InChI is InChI=1S/C29H34N4O5/c1-18-20(10-11-24(27(18)29(35)33(2)3)32-26(34)17-38-13-12-36-4)19-14-22-23(16-31-28(22)30-15-19)21-8-6-7-9-25(21)37-5/h6-11,14-16,18,27H,12-13,17H2,1-5H3,(H,30,31)(H,32,34). The van der Waals surface area contributed by atoms with Gasteiger partial charge in [-0.05, 0) is 35.3 Å². The Hall–Kier alpha value is -3.95. The third kappa shape index (κ3) is 5.64. The van der Waals surface area contributed by atoms with Gasteiger partial charge in [0.2, 0.25) is 11.8 Å². The van der Waals surface area contributed by atoms with Crippen molar-refractivity contribution in [2.24, 2.45) is 11.8 Å². The number of nitrogens with one attached hydrogen (secondary N) is 2. The number of aromatic nitrogens is 2. The maximum Gasteiger partial charge on any atom is 0.250 e. The van der Waals surface area contributed by atoms with Crippen molar-refractivity contribution in [3.63, 3.8) is 0 Å². The van der Waals surface area contributed by atoms with Crippen molar-refractivity contribution in [2.75, 3.05) is 48.1 Å². The van der Waals surface area contributed by atoms with Gasteiger partial charge in [0.15, 0.2) is 0 Å². The smallest absolute Gasteiger partial charge is 0.250 e. The fourth-order valence-electron chi connectivity index (χ4n) is 4.74. The van der Waals surface area contributed by atoms with E-state index in [0.717, 1.165) is 39.0 Å². The van der Waals surface area contributed by atoms with Gasteiger partial charge in [0.1, 0.15) is 18.0 Å². The van der Waals surface area contributed by atoms with Crippen LogP contribution in [0.25, 0.3) is 27.7 Å². The van der Waals surface area contributed by atoms with E-state index in [0.29, 0.717) is 18.9 Å². The van der Waals surface area contributed by atoms with Crippen LogP contribution >= 0.6 is 0 Å². The van der Waals surface area contributed by atoms with E-state index in [-0.39, 0.29) is 24.3 Å². The number of pyridine rings is 1. The molecule has 0 radical (unpaired) electrons. The molecule has 0 bridgehead atoms. The molecular weight excluding hydrogens is 484 g/mol. The van der Waals surface area contributed by atoms with Crippen LogP contribution in [0.4, 0.5) is 0 Å². The summed E-state index contributed by atoms with van der Waals surface area (Å²) in [6.07, 6.45) is 7.49. The number of carbonyl (C=O) groups is 2. The lowest BCUT2D eigenvalue weighted by molar-refractivity contribution is -0.133. The Morgan fingerprint density at radius 2 is 1.89 bits per heavy atom. The average Bonchev–Trinajstić information content (AvgIpc) is 3.34. The second kappa shape index (κ2) is 12.1. The second-order valence-corrected chi connectivity index (χ2v) is 9.36. The summed E-state index contributed by atoms with van der Waals surface area (Å²) in [6, 6.07) is 9.93. The first-order valence-electron chi connectivity index (χ1n) is 12.5. The summed E-state index contributed by atoms with van der Waals surface area (Å²) in [6.45, 7) is 2.59. The van der Waals surface area contributed by atoms with Gasteiger partial charge in [-0.3, -0.25) is 9.59 Å². The first kappa shape index (κ1) is 27.1. The number of hydrogen-bond acceptors (Lipinski definition) is 6. The zero-order valence-electron chi connectivity index (χ0n) is 22.4. The van der Waals surface area contributed by atoms with Crippen molar-refractivity contribution in [1.82, 2.24) is 20.2 Å². The number of nitrogens with zero attached hydrogens (tertiary/aromatic N) is 2. The predicted octanol–water partition coefficient (Wildman–Crippen LogP) is 3.64. The monoisotopic (exact) mass is 518 g/mol. The van der Waals surface area contributed by atoms with Crippen LogP contribution in [0.1, 0.15) is 12.5 Å². The third-order valence-electron chi connectivity index (χ3n) is 6.69. The summed E-state index contributed by atoms with van der Waals surface area (Å²) in [7, 11) is 6.66. The molecule has 0 aliphatic heterocycles. The van der Waals surface area contributed by atoms with Crippen LogP contribution in [0.5, 0.6) is 5.75 Å². The van der Waals surface area contributed by atoms with Crippen LogP contribution < -0.4 is 10.1 Å². The highest BCUT2D eigenvalue weighted by Gasteiger charge is 2.35. The molecule has 0 saturated carbocycles. The molecule has 4 rings (SSSR count).